The summed E-state index contributed by atoms with van der Waals surface area (Å²) < 4.78 is 29.2. The van der Waals surface area contributed by atoms with Gasteiger partial charge in [0.1, 0.15) is 0 Å². The van der Waals surface area contributed by atoms with E-state index in [0.29, 0.717) is 46.4 Å². The molecule has 9 heteroatoms. The Kier molecular flexibility index (Phi) is 6.15. The third-order valence-electron chi connectivity index (χ3n) is 7.75. The number of likely N-dealkylation sites (tertiary alicyclic amines) is 1. The van der Waals surface area contributed by atoms with Gasteiger partial charge in [-0.25, -0.2) is 8.78 Å². The molecule has 1 aliphatic carbocycles. The highest BCUT2D eigenvalue weighted by atomic mass is 19.3. The minimum absolute atomic E-state index is 0.0531. The van der Waals surface area contributed by atoms with E-state index in [4.69, 9.17) is 0 Å². The molecule has 1 atom stereocenters. The number of amides is 1. The van der Waals surface area contributed by atoms with Gasteiger partial charge in [0.2, 0.25) is 5.92 Å². The number of fused-ring (bicyclic) bond motifs is 3. The van der Waals surface area contributed by atoms with E-state index in [-0.39, 0.29) is 49.3 Å². The van der Waals surface area contributed by atoms with Gasteiger partial charge in [0.15, 0.2) is 0 Å². The second kappa shape index (κ2) is 9.00. The number of nitrogens with zero attached hydrogens (tertiary/aromatic N) is 3. The SMILES string of the molecule is Cc1cc2[nH]c(=O)c3cnn(C4CCC(F)(F)CC4)c3c2cc1C(=O)N1CCC(CC(C)O)CC1. The van der Waals surface area contributed by atoms with Gasteiger partial charge in [-0.3, -0.25) is 14.3 Å². The average Bonchev–Trinajstić information content (AvgIpc) is 3.24. The number of pyridine rings is 1. The van der Waals surface area contributed by atoms with Gasteiger partial charge in [0.25, 0.3) is 11.5 Å². The summed E-state index contributed by atoms with van der Waals surface area (Å²) >= 11 is 0. The number of carbonyl (C=O) groups excluding carboxylic acids is 1. The van der Waals surface area contributed by atoms with Crippen molar-refractivity contribution in [3.05, 3.63) is 39.8 Å². The van der Waals surface area contributed by atoms with Gasteiger partial charge in [-0.1, -0.05) is 0 Å². The predicted octanol–water partition coefficient (Wildman–Crippen LogP) is 4.56. The molecule has 2 aromatic heterocycles. The number of aryl methyl sites for hydroxylation is 1. The molecule has 0 spiro atoms. The van der Waals surface area contributed by atoms with E-state index in [9.17, 15) is 23.5 Å². The summed E-state index contributed by atoms with van der Waals surface area (Å²) in [5.41, 5.74) is 2.27. The maximum atomic E-state index is 13.8. The van der Waals surface area contributed by atoms with Crippen molar-refractivity contribution in [2.24, 2.45) is 5.92 Å². The van der Waals surface area contributed by atoms with E-state index in [2.05, 4.69) is 10.1 Å². The van der Waals surface area contributed by atoms with E-state index in [1.54, 1.807) is 11.6 Å². The van der Waals surface area contributed by atoms with Crippen LogP contribution < -0.4 is 5.56 Å². The first kappa shape index (κ1) is 23.9. The van der Waals surface area contributed by atoms with E-state index in [1.165, 1.54) is 6.20 Å². The van der Waals surface area contributed by atoms with Crippen LogP contribution in [-0.2, 0) is 0 Å². The molecule has 3 aromatic rings. The van der Waals surface area contributed by atoms with Crippen molar-refractivity contribution in [3.63, 3.8) is 0 Å². The third-order valence-corrected chi connectivity index (χ3v) is 7.75. The van der Waals surface area contributed by atoms with Crippen LogP contribution in [0.4, 0.5) is 8.78 Å². The van der Waals surface area contributed by atoms with Crippen molar-refractivity contribution in [2.45, 2.75) is 76.9 Å². The number of benzene rings is 1. The maximum Gasteiger partial charge on any atom is 0.259 e. The number of nitrogens with one attached hydrogen (secondary N) is 1. The first-order valence-corrected chi connectivity index (χ1v) is 12.5. The average molecular weight is 487 g/mol. The summed E-state index contributed by atoms with van der Waals surface area (Å²) in [6, 6.07) is 3.42. The molecule has 7 nitrogen and oxygen atoms in total. The number of piperidine rings is 1. The lowest BCUT2D eigenvalue weighted by Gasteiger charge is -2.33. The Labute approximate surface area is 202 Å². The van der Waals surface area contributed by atoms with Crippen molar-refractivity contribution >= 4 is 27.7 Å². The summed E-state index contributed by atoms with van der Waals surface area (Å²) in [7, 11) is 0. The van der Waals surface area contributed by atoms with Gasteiger partial charge in [-0.15, -0.1) is 0 Å². The maximum absolute atomic E-state index is 13.8. The Morgan fingerprint density at radius 1 is 1.20 bits per heavy atom. The number of aromatic nitrogens is 3. The molecule has 188 valence electrons. The number of aliphatic hydroxyl groups is 1. The van der Waals surface area contributed by atoms with Crippen molar-refractivity contribution in [1.82, 2.24) is 19.7 Å². The lowest BCUT2D eigenvalue weighted by molar-refractivity contribution is -0.0445. The number of aromatic amines is 1. The standard InChI is InChI=1S/C26H32F2N4O3/c1-15-11-22-20(13-19(15)25(35)31-9-5-17(6-10-31)12-16(2)33)23-21(24(34)30-22)14-29-32(23)18-3-7-26(27,28)8-4-18/h11,13-14,16-18,33H,3-10,12H2,1-2H3,(H,30,34). The zero-order valence-electron chi connectivity index (χ0n) is 20.2. The summed E-state index contributed by atoms with van der Waals surface area (Å²) in [5, 5.41) is 15.2. The highest BCUT2D eigenvalue weighted by Crippen LogP contribution is 2.40. The fourth-order valence-corrected chi connectivity index (χ4v) is 5.80. The Bertz CT molecular complexity index is 1310. The summed E-state index contributed by atoms with van der Waals surface area (Å²) in [6.45, 7) is 4.94. The first-order chi connectivity index (χ1) is 16.6. The molecule has 1 aromatic carbocycles. The molecular weight excluding hydrogens is 454 g/mol. The number of alkyl halides is 2. The smallest absolute Gasteiger partial charge is 0.259 e. The monoisotopic (exact) mass is 486 g/mol. The fraction of sp³-hybridized carbons (Fsp3) is 0.577. The molecule has 2 N–H and O–H groups in total. The van der Waals surface area contributed by atoms with Gasteiger partial charge >= 0.3 is 0 Å². The van der Waals surface area contributed by atoms with E-state index >= 15 is 0 Å². The zero-order valence-corrected chi connectivity index (χ0v) is 20.2. The largest absolute Gasteiger partial charge is 0.393 e. The summed E-state index contributed by atoms with van der Waals surface area (Å²) in [5.74, 6) is -2.29. The van der Waals surface area contributed by atoms with Crippen molar-refractivity contribution in [1.29, 1.82) is 0 Å². The van der Waals surface area contributed by atoms with Gasteiger partial charge in [0, 0.05) is 36.9 Å². The molecule has 1 amide bonds. The predicted molar refractivity (Wildman–Crippen MR) is 130 cm³/mol. The minimum atomic E-state index is -2.65. The van der Waals surface area contributed by atoms with Crippen LogP contribution >= 0.6 is 0 Å². The van der Waals surface area contributed by atoms with Crippen LogP contribution in [0.2, 0.25) is 0 Å². The number of hydrogen-bond acceptors (Lipinski definition) is 4. The highest BCUT2D eigenvalue weighted by molar-refractivity contribution is 6.07. The first-order valence-electron chi connectivity index (χ1n) is 12.5. The molecule has 5 rings (SSSR count). The zero-order chi connectivity index (χ0) is 24.9. The van der Waals surface area contributed by atoms with Crippen LogP contribution in [0, 0.1) is 12.8 Å². The third kappa shape index (κ3) is 4.58. The number of halogens is 2. The molecule has 2 aliphatic rings. The Balaban J connectivity index is 1.51. The number of carbonyl (C=O) groups is 1. The highest BCUT2D eigenvalue weighted by Gasteiger charge is 2.36. The van der Waals surface area contributed by atoms with Crippen LogP contribution in [0.25, 0.3) is 21.8 Å². The van der Waals surface area contributed by atoms with Gasteiger partial charge in [-0.2, -0.15) is 5.10 Å². The molecule has 2 fully saturated rings. The number of aliphatic hydroxyl groups excluding tert-OH is 1. The van der Waals surface area contributed by atoms with E-state index in [1.807, 2.05) is 24.0 Å². The van der Waals surface area contributed by atoms with Crippen LogP contribution in [0.1, 0.15) is 73.8 Å². The van der Waals surface area contributed by atoms with Crippen molar-refractivity contribution in [2.75, 3.05) is 13.1 Å². The molecule has 0 bridgehead atoms. The van der Waals surface area contributed by atoms with Crippen LogP contribution in [0.5, 0.6) is 0 Å². The van der Waals surface area contributed by atoms with Crippen LogP contribution in [0.15, 0.2) is 23.1 Å². The van der Waals surface area contributed by atoms with Crippen LogP contribution in [0.3, 0.4) is 0 Å². The lowest BCUT2D eigenvalue weighted by atomic mass is 9.91. The molecule has 3 heterocycles. The second-order valence-corrected chi connectivity index (χ2v) is 10.4. The lowest BCUT2D eigenvalue weighted by Crippen LogP contribution is -2.39. The Morgan fingerprint density at radius 2 is 1.89 bits per heavy atom. The number of rotatable bonds is 4. The molecule has 1 saturated heterocycles. The normalized spacial score (nSPS) is 20.5. The fourth-order valence-electron chi connectivity index (χ4n) is 5.80. The topological polar surface area (TPSA) is 91.2 Å². The Hall–Kier alpha value is -2.81. The molecular formula is C26H32F2N4O3. The summed E-state index contributed by atoms with van der Waals surface area (Å²) in [6.07, 6.45) is 3.80. The summed E-state index contributed by atoms with van der Waals surface area (Å²) in [4.78, 5) is 31.0. The molecule has 1 saturated carbocycles. The molecule has 1 unspecified atom stereocenters. The van der Waals surface area contributed by atoms with Gasteiger partial charge in [-0.05, 0) is 69.6 Å². The molecule has 1 aliphatic heterocycles. The molecule has 0 radical (unpaired) electrons. The molecule has 35 heavy (non-hydrogen) atoms. The van der Waals surface area contributed by atoms with Crippen molar-refractivity contribution in [3.8, 4) is 0 Å². The Morgan fingerprint density at radius 3 is 2.54 bits per heavy atom. The second-order valence-electron chi connectivity index (χ2n) is 10.4. The van der Waals surface area contributed by atoms with Crippen molar-refractivity contribution < 1.29 is 18.7 Å². The van der Waals surface area contributed by atoms with E-state index in [0.717, 1.165) is 24.8 Å². The van der Waals surface area contributed by atoms with Gasteiger partial charge in [0.05, 0.1) is 34.8 Å². The van der Waals surface area contributed by atoms with E-state index < -0.39 is 5.92 Å². The number of H-pyrrole nitrogens is 1. The minimum Gasteiger partial charge on any atom is -0.393 e. The number of hydrogen-bond donors (Lipinski definition) is 2. The quantitative estimate of drug-likeness (QED) is 0.566. The van der Waals surface area contributed by atoms with Crippen LogP contribution in [-0.4, -0.2) is 55.8 Å². The van der Waals surface area contributed by atoms with Gasteiger partial charge < -0.3 is 15.0 Å².